The minimum atomic E-state index is -0.222. The number of aryl methyl sites for hydroxylation is 1. The van der Waals surface area contributed by atoms with Crippen molar-refractivity contribution in [3.8, 4) is 0 Å². The van der Waals surface area contributed by atoms with Gasteiger partial charge in [0.25, 0.3) is 0 Å². The number of amides is 1. The van der Waals surface area contributed by atoms with Crippen molar-refractivity contribution in [1.29, 1.82) is 0 Å². The van der Waals surface area contributed by atoms with Crippen molar-refractivity contribution in [3.05, 3.63) is 18.2 Å². The minimum absolute atomic E-state index is 0.222. The monoisotopic (exact) mass is 238 g/mol. The number of nitrogens with one attached hydrogen (secondary N) is 1. The number of aromatic nitrogens is 2. The Labute approximate surface area is 102 Å². The number of rotatable bonds is 9. The lowest BCUT2D eigenvalue weighted by molar-refractivity contribution is -0.118. The molecule has 0 aliphatic rings. The molecule has 0 radical (unpaired) electrons. The van der Waals surface area contributed by atoms with Gasteiger partial charge in [0.2, 0.25) is 5.91 Å². The SMILES string of the molecule is CCCNCc1cncn1CCCCC(N)=O. The van der Waals surface area contributed by atoms with E-state index < -0.39 is 0 Å². The zero-order valence-electron chi connectivity index (χ0n) is 10.5. The Kier molecular flexibility index (Phi) is 6.32. The zero-order valence-corrected chi connectivity index (χ0v) is 10.5. The molecule has 1 rings (SSSR count). The van der Waals surface area contributed by atoms with E-state index >= 15 is 0 Å². The van der Waals surface area contributed by atoms with Crippen molar-refractivity contribution >= 4 is 5.91 Å². The zero-order chi connectivity index (χ0) is 12.5. The van der Waals surface area contributed by atoms with Gasteiger partial charge in [0.1, 0.15) is 0 Å². The molecule has 0 fully saturated rings. The van der Waals surface area contributed by atoms with Gasteiger partial charge in [-0.25, -0.2) is 4.98 Å². The number of nitrogens with two attached hydrogens (primary N) is 1. The highest BCUT2D eigenvalue weighted by Crippen LogP contribution is 2.03. The Balaban J connectivity index is 2.27. The second-order valence-corrected chi connectivity index (χ2v) is 4.18. The summed E-state index contributed by atoms with van der Waals surface area (Å²) in [4.78, 5) is 14.7. The van der Waals surface area contributed by atoms with Crippen molar-refractivity contribution < 1.29 is 4.79 Å². The summed E-state index contributed by atoms with van der Waals surface area (Å²) in [7, 11) is 0. The van der Waals surface area contributed by atoms with Crippen LogP contribution in [0.2, 0.25) is 0 Å². The van der Waals surface area contributed by atoms with Crippen molar-refractivity contribution in [2.24, 2.45) is 5.73 Å². The van der Waals surface area contributed by atoms with Gasteiger partial charge >= 0.3 is 0 Å². The lowest BCUT2D eigenvalue weighted by Crippen LogP contribution is -2.17. The molecule has 0 saturated carbocycles. The summed E-state index contributed by atoms with van der Waals surface area (Å²) in [6, 6.07) is 0. The summed E-state index contributed by atoms with van der Waals surface area (Å²) in [6.45, 7) is 4.92. The molecule has 17 heavy (non-hydrogen) atoms. The van der Waals surface area contributed by atoms with Crippen LogP contribution in [0.15, 0.2) is 12.5 Å². The topological polar surface area (TPSA) is 72.9 Å². The molecule has 1 aromatic heterocycles. The van der Waals surface area contributed by atoms with Crippen LogP contribution in [0.4, 0.5) is 0 Å². The van der Waals surface area contributed by atoms with Crippen LogP contribution >= 0.6 is 0 Å². The minimum Gasteiger partial charge on any atom is -0.370 e. The predicted octanol–water partition coefficient (Wildman–Crippen LogP) is 1.04. The Bertz CT molecular complexity index is 335. The molecule has 1 heterocycles. The van der Waals surface area contributed by atoms with Crippen molar-refractivity contribution in [3.63, 3.8) is 0 Å². The van der Waals surface area contributed by atoms with Crippen LogP contribution in [-0.2, 0) is 17.9 Å². The first-order valence-electron chi connectivity index (χ1n) is 6.22. The lowest BCUT2D eigenvalue weighted by atomic mass is 10.2. The average molecular weight is 238 g/mol. The third-order valence-corrected chi connectivity index (χ3v) is 2.60. The van der Waals surface area contributed by atoms with Crippen LogP contribution in [0.1, 0.15) is 38.3 Å². The van der Waals surface area contributed by atoms with E-state index in [9.17, 15) is 4.79 Å². The van der Waals surface area contributed by atoms with Crippen LogP contribution in [0.5, 0.6) is 0 Å². The van der Waals surface area contributed by atoms with Crippen molar-refractivity contribution in [1.82, 2.24) is 14.9 Å². The van der Waals surface area contributed by atoms with E-state index in [0.29, 0.717) is 6.42 Å². The quantitative estimate of drug-likeness (QED) is 0.631. The van der Waals surface area contributed by atoms with E-state index in [1.807, 2.05) is 12.5 Å². The summed E-state index contributed by atoms with van der Waals surface area (Å²) < 4.78 is 2.13. The molecule has 5 nitrogen and oxygen atoms in total. The Morgan fingerprint density at radius 2 is 2.35 bits per heavy atom. The highest BCUT2D eigenvalue weighted by atomic mass is 16.1. The average Bonchev–Trinajstić information content (AvgIpc) is 2.72. The molecule has 1 aromatic rings. The van der Waals surface area contributed by atoms with E-state index in [2.05, 4.69) is 21.8 Å². The molecule has 96 valence electrons. The molecule has 0 aromatic carbocycles. The molecule has 1 amide bonds. The summed E-state index contributed by atoms with van der Waals surface area (Å²) in [5, 5.41) is 3.35. The molecular weight excluding hydrogens is 216 g/mol. The highest BCUT2D eigenvalue weighted by molar-refractivity contribution is 5.73. The van der Waals surface area contributed by atoms with Gasteiger partial charge in [-0.1, -0.05) is 6.92 Å². The summed E-state index contributed by atoms with van der Waals surface area (Å²) in [5.41, 5.74) is 6.29. The van der Waals surface area contributed by atoms with E-state index in [4.69, 9.17) is 5.73 Å². The third kappa shape index (κ3) is 5.49. The smallest absolute Gasteiger partial charge is 0.217 e. The fraction of sp³-hybridized carbons (Fsp3) is 0.667. The Hall–Kier alpha value is -1.36. The van der Waals surface area contributed by atoms with E-state index in [1.54, 1.807) is 0 Å². The van der Waals surface area contributed by atoms with Crippen molar-refractivity contribution in [2.75, 3.05) is 6.54 Å². The van der Waals surface area contributed by atoms with Gasteiger partial charge in [-0.3, -0.25) is 4.79 Å². The lowest BCUT2D eigenvalue weighted by Gasteiger charge is -2.08. The normalized spacial score (nSPS) is 10.6. The van der Waals surface area contributed by atoms with Crippen molar-refractivity contribution in [2.45, 2.75) is 45.7 Å². The van der Waals surface area contributed by atoms with E-state index in [0.717, 1.165) is 38.9 Å². The molecule has 0 aliphatic heterocycles. The number of unbranched alkanes of at least 4 members (excludes halogenated alkanes) is 1. The van der Waals surface area contributed by atoms with Crippen LogP contribution < -0.4 is 11.1 Å². The molecule has 0 spiro atoms. The van der Waals surface area contributed by atoms with Gasteiger partial charge in [0, 0.05) is 25.7 Å². The van der Waals surface area contributed by atoms with Crippen LogP contribution in [0, 0.1) is 0 Å². The second kappa shape index (κ2) is 7.84. The summed E-state index contributed by atoms with van der Waals surface area (Å²) >= 11 is 0. The second-order valence-electron chi connectivity index (χ2n) is 4.18. The fourth-order valence-electron chi connectivity index (χ4n) is 1.67. The van der Waals surface area contributed by atoms with Crippen LogP contribution in [0.3, 0.4) is 0 Å². The number of carbonyl (C=O) groups is 1. The molecule has 0 unspecified atom stereocenters. The molecule has 0 aliphatic carbocycles. The van der Waals surface area contributed by atoms with Crippen LogP contribution in [0.25, 0.3) is 0 Å². The maximum atomic E-state index is 10.6. The van der Waals surface area contributed by atoms with Gasteiger partial charge in [-0.2, -0.15) is 0 Å². The van der Waals surface area contributed by atoms with Gasteiger partial charge in [-0.15, -0.1) is 0 Å². The highest BCUT2D eigenvalue weighted by Gasteiger charge is 2.01. The molecule has 5 heteroatoms. The number of hydrogen-bond donors (Lipinski definition) is 2. The first-order chi connectivity index (χ1) is 8.24. The van der Waals surface area contributed by atoms with E-state index in [-0.39, 0.29) is 5.91 Å². The van der Waals surface area contributed by atoms with Gasteiger partial charge in [0.05, 0.1) is 12.0 Å². The first-order valence-corrected chi connectivity index (χ1v) is 6.22. The standard InChI is InChI=1S/C12H22N4O/c1-2-6-14-8-11-9-15-10-16(11)7-4-3-5-12(13)17/h9-10,14H,2-8H2,1H3,(H2,13,17). The number of primary amides is 1. The van der Waals surface area contributed by atoms with E-state index in [1.165, 1.54) is 5.69 Å². The maximum Gasteiger partial charge on any atom is 0.217 e. The number of hydrogen-bond acceptors (Lipinski definition) is 3. The van der Waals surface area contributed by atoms with Gasteiger partial charge < -0.3 is 15.6 Å². The first kappa shape index (κ1) is 13.7. The Morgan fingerprint density at radius 3 is 3.06 bits per heavy atom. The number of imidazole rings is 1. The molecule has 0 saturated heterocycles. The number of carbonyl (C=O) groups excluding carboxylic acids is 1. The molecular formula is C12H22N4O. The summed E-state index contributed by atoms with van der Waals surface area (Å²) in [5.74, 6) is -0.222. The maximum absolute atomic E-state index is 10.6. The molecule has 3 N–H and O–H groups in total. The van der Waals surface area contributed by atoms with Gasteiger partial charge in [0.15, 0.2) is 0 Å². The summed E-state index contributed by atoms with van der Waals surface area (Å²) in [6.07, 6.45) is 7.13. The molecule has 0 bridgehead atoms. The third-order valence-electron chi connectivity index (χ3n) is 2.60. The Morgan fingerprint density at radius 1 is 1.53 bits per heavy atom. The van der Waals surface area contributed by atoms with Crippen LogP contribution in [-0.4, -0.2) is 22.0 Å². The molecule has 0 atom stereocenters. The predicted molar refractivity (Wildman–Crippen MR) is 67.3 cm³/mol. The fourth-order valence-corrected chi connectivity index (χ4v) is 1.67. The van der Waals surface area contributed by atoms with Gasteiger partial charge in [-0.05, 0) is 25.8 Å². The largest absolute Gasteiger partial charge is 0.370 e. The number of nitrogens with zero attached hydrogens (tertiary/aromatic N) is 2.